The molecule has 0 fully saturated rings. The number of hydrogen-bond donors (Lipinski definition) is 6. The van der Waals surface area contributed by atoms with Gasteiger partial charge in [-0.05, 0) is 31.2 Å². The first-order chi connectivity index (χ1) is 12.6. The highest BCUT2D eigenvalue weighted by Crippen LogP contribution is 2.13. The summed E-state index contributed by atoms with van der Waals surface area (Å²) in [5.41, 5.74) is 0. The molecule has 0 rings (SSSR count). The minimum absolute atomic E-state index is 0.0811. The summed E-state index contributed by atoms with van der Waals surface area (Å²) in [7, 11) is 0. The van der Waals surface area contributed by atoms with Gasteiger partial charge in [-0.2, -0.15) is 0 Å². The molecule has 2 amide bonds. The molecule has 0 aliphatic heterocycles. The van der Waals surface area contributed by atoms with E-state index in [1.807, 2.05) is 13.8 Å². The van der Waals surface area contributed by atoms with Gasteiger partial charge in [0, 0.05) is 6.42 Å². The van der Waals surface area contributed by atoms with Crippen LogP contribution in [0.15, 0.2) is 0 Å². The summed E-state index contributed by atoms with van der Waals surface area (Å²) in [6.45, 7) is 7.86. The monoisotopic (exact) mass is 388 g/mol. The Balaban J connectivity index is 5.05. The molecule has 0 aliphatic carbocycles. The Morgan fingerprint density at radius 2 is 1.37 bits per heavy atom. The molecule has 0 saturated heterocycles. The van der Waals surface area contributed by atoms with E-state index in [0.717, 1.165) is 6.29 Å². The number of nitrogens with one attached hydrogen (secondary N) is 4. The zero-order valence-electron chi connectivity index (χ0n) is 16.3. The number of carbonyl (C=O) groups is 4. The molecular weight excluding hydrogens is 356 g/mol. The second-order valence-corrected chi connectivity index (χ2v) is 7.13. The maximum absolute atomic E-state index is 11.3. The van der Waals surface area contributed by atoms with Crippen LogP contribution in [0.3, 0.4) is 0 Å². The van der Waals surface area contributed by atoms with Crippen molar-refractivity contribution in [3.05, 3.63) is 0 Å². The highest BCUT2D eigenvalue weighted by molar-refractivity contribution is 5.70. The molecule has 10 nitrogen and oxygen atoms in total. The van der Waals surface area contributed by atoms with Gasteiger partial charge in [0.2, 0.25) is 0 Å². The van der Waals surface area contributed by atoms with Crippen LogP contribution in [0.4, 0.5) is 9.59 Å². The van der Waals surface area contributed by atoms with E-state index in [2.05, 4.69) is 21.3 Å². The highest BCUT2D eigenvalue weighted by atomic mass is 16.4. The molecule has 156 valence electrons. The van der Waals surface area contributed by atoms with E-state index in [9.17, 15) is 19.2 Å². The van der Waals surface area contributed by atoms with Crippen LogP contribution in [0.5, 0.6) is 0 Å². The lowest BCUT2D eigenvalue weighted by Crippen LogP contribution is -2.71. The van der Waals surface area contributed by atoms with Crippen LogP contribution >= 0.6 is 0 Å². The van der Waals surface area contributed by atoms with Crippen molar-refractivity contribution in [1.82, 2.24) is 21.3 Å². The van der Waals surface area contributed by atoms with Crippen LogP contribution in [0.25, 0.3) is 0 Å². The minimum atomic E-state index is -1.70. The first-order valence-corrected chi connectivity index (χ1v) is 9.00. The van der Waals surface area contributed by atoms with Crippen LogP contribution in [-0.2, 0) is 9.59 Å². The van der Waals surface area contributed by atoms with Crippen LogP contribution in [0, 0.1) is 11.8 Å². The Morgan fingerprint density at radius 1 is 0.889 bits per heavy atom. The first kappa shape index (κ1) is 24.8. The maximum Gasteiger partial charge on any atom is 0.407 e. The number of carboxylic acid groups (broad SMARTS) is 2. The topological polar surface area (TPSA) is 157 Å². The van der Waals surface area contributed by atoms with Gasteiger partial charge in [-0.3, -0.25) is 16.0 Å². The normalized spacial score (nSPS) is 13.9. The lowest BCUT2D eigenvalue weighted by Gasteiger charge is -2.37. The predicted octanol–water partition coefficient (Wildman–Crippen LogP) is 0.972. The van der Waals surface area contributed by atoms with Crippen molar-refractivity contribution in [2.24, 2.45) is 11.8 Å². The Labute approximate surface area is 159 Å². The maximum atomic E-state index is 11.3. The van der Waals surface area contributed by atoms with Gasteiger partial charge in [-0.15, -0.1) is 0 Å². The van der Waals surface area contributed by atoms with Gasteiger partial charge in [-0.1, -0.05) is 27.7 Å². The Morgan fingerprint density at radius 3 is 1.74 bits per heavy atom. The van der Waals surface area contributed by atoms with Crippen molar-refractivity contribution in [1.29, 1.82) is 0 Å². The van der Waals surface area contributed by atoms with Gasteiger partial charge in [0.25, 0.3) is 0 Å². The third-order valence-electron chi connectivity index (χ3n) is 4.14. The highest BCUT2D eigenvalue weighted by Gasteiger charge is 2.36. The summed E-state index contributed by atoms with van der Waals surface area (Å²) < 4.78 is 0. The van der Waals surface area contributed by atoms with Gasteiger partial charge in [0.1, 0.15) is 12.6 Å². The molecule has 0 radical (unpaired) electrons. The summed E-state index contributed by atoms with van der Waals surface area (Å²) in [6.07, 6.45) is -0.300. The second-order valence-electron chi connectivity index (χ2n) is 7.13. The fraction of sp³-hybridized carbons (Fsp3) is 0.765. The Kier molecular flexibility index (Phi) is 11.2. The lowest BCUT2D eigenvalue weighted by molar-refractivity contribution is -0.111. The molecule has 0 bridgehead atoms. The standard InChI is InChI=1S/C17H32N4O6/c1-11(2)13(9-22)18-8-6-5-7-17(20-15(24)25,21-16(26)27)19-14(10-23)12(3)4/h9-14,18-21H,5-8H2,1-4H3,(H,24,25)(H,26,27)/t13?,14-/m1/s1. The molecule has 0 heterocycles. The molecule has 6 N–H and O–H groups in total. The predicted molar refractivity (Wildman–Crippen MR) is 99.4 cm³/mol. The average Bonchev–Trinajstić information content (AvgIpc) is 2.54. The molecule has 0 aromatic rings. The average molecular weight is 388 g/mol. The third-order valence-corrected chi connectivity index (χ3v) is 4.14. The SMILES string of the molecule is CC(C)C(C=O)NCCCCC(NC(=O)O)(NC(=O)O)N[C@H](C=O)C(C)C. The van der Waals surface area contributed by atoms with E-state index in [1.54, 1.807) is 13.8 Å². The summed E-state index contributed by atoms with van der Waals surface area (Å²) in [5.74, 6) is -1.73. The van der Waals surface area contributed by atoms with Crippen LogP contribution in [0.2, 0.25) is 0 Å². The van der Waals surface area contributed by atoms with Gasteiger partial charge in [-0.25, -0.2) is 9.59 Å². The van der Waals surface area contributed by atoms with E-state index < -0.39 is 24.0 Å². The Hall–Kier alpha value is -2.20. The number of aldehydes is 2. The van der Waals surface area contributed by atoms with E-state index >= 15 is 0 Å². The number of rotatable bonds is 14. The van der Waals surface area contributed by atoms with Crippen LogP contribution in [0.1, 0.15) is 47.0 Å². The van der Waals surface area contributed by atoms with Gasteiger partial charge in [0.15, 0.2) is 5.79 Å². The van der Waals surface area contributed by atoms with Crippen LogP contribution in [-0.4, -0.2) is 59.4 Å². The largest absolute Gasteiger partial charge is 0.465 e. The van der Waals surface area contributed by atoms with Gasteiger partial charge >= 0.3 is 12.2 Å². The van der Waals surface area contributed by atoms with Crippen molar-refractivity contribution in [2.75, 3.05) is 6.54 Å². The van der Waals surface area contributed by atoms with E-state index in [0.29, 0.717) is 25.7 Å². The minimum Gasteiger partial charge on any atom is -0.465 e. The molecule has 0 aromatic heterocycles. The molecule has 2 atom stereocenters. The van der Waals surface area contributed by atoms with Gasteiger partial charge in [0.05, 0.1) is 12.1 Å². The number of amides is 2. The quantitative estimate of drug-likeness (QED) is 0.146. The smallest absolute Gasteiger partial charge is 0.407 e. The second kappa shape index (κ2) is 12.2. The molecule has 0 aromatic carbocycles. The summed E-state index contributed by atoms with van der Waals surface area (Å²) in [4.78, 5) is 44.7. The van der Waals surface area contributed by atoms with Crippen LogP contribution < -0.4 is 21.3 Å². The van der Waals surface area contributed by atoms with E-state index in [1.165, 1.54) is 0 Å². The molecule has 0 aliphatic rings. The lowest BCUT2D eigenvalue weighted by atomic mass is 10.0. The zero-order chi connectivity index (χ0) is 21.0. The fourth-order valence-electron chi connectivity index (χ4n) is 2.53. The Bertz CT molecular complexity index is 482. The fourth-order valence-corrected chi connectivity index (χ4v) is 2.53. The van der Waals surface area contributed by atoms with Crippen molar-refractivity contribution < 1.29 is 29.4 Å². The molecule has 10 heteroatoms. The van der Waals surface area contributed by atoms with Crippen molar-refractivity contribution in [2.45, 2.75) is 64.8 Å². The molecule has 1 unspecified atom stereocenters. The summed E-state index contributed by atoms with van der Waals surface area (Å²) >= 11 is 0. The summed E-state index contributed by atoms with van der Waals surface area (Å²) in [6, 6.07) is -1.02. The molecule has 0 saturated carbocycles. The first-order valence-electron chi connectivity index (χ1n) is 9.00. The van der Waals surface area contributed by atoms with Crippen molar-refractivity contribution in [3.8, 4) is 0 Å². The number of unbranched alkanes of at least 4 members (excludes halogenated alkanes) is 1. The number of carbonyl (C=O) groups excluding carboxylic acids is 2. The van der Waals surface area contributed by atoms with Crippen molar-refractivity contribution in [3.63, 3.8) is 0 Å². The van der Waals surface area contributed by atoms with E-state index in [-0.39, 0.29) is 24.3 Å². The summed E-state index contributed by atoms with van der Waals surface area (Å²) in [5, 5.41) is 28.4. The molecule has 27 heavy (non-hydrogen) atoms. The molecular formula is C17H32N4O6. The van der Waals surface area contributed by atoms with E-state index in [4.69, 9.17) is 10.2 Å². The zero-order valence-corrected chi connectivity index (χ0v) is 16.3. The van der Waals surface area contributed by atoms with Gasteiger partial charge < -0.3 is 25.1 Å². The third kappa shape index (κ3) is 9.90. The molecule has 0 spiro atoms. The van der Waals surface area contributed by atoms with Crippen molar-refractivity contribution >= 4 is 24.8 Å². The number of hydrogen-bond acceptors (Lipinski definition) is 6.